The summed E-state index contributed by atoms with van der Waals surface area (Å²) in [6.07, 6.45) is 0. The van der Waals surface area contributed by atoms with Crippen LogP contribution >= 0.6 is 11.3 Å². The topological polar surface area (TPSA) is 85.4 Å². The molecular weight excluding hydrogens is 252 g/mol. The van der Waals surface area contributed by atoms with Crippen LogP contribution in [0.25, 0.3) is 10.6 Å². The number of hydrogen-bond donors (Lipinski definition) is 2. The number of nitrogens with zero attached hydrogens (tertiary/aromatic N) is 1. The normalized spacial score (nSPS) is 10.5. The molecular formula is C12H12N2O3S. The smallest absolute Gasteiger partial charge is 0.347 e. The van der Waals surface area contributed by atoms with E-state index < -0.39 is 5.97 Å². The molecule has 0 unspecified atom stereocenters. The number of ether oxygens (including phenoxy) is 1. The number of carboxylic acids is 1. The number of rotatable bonds is 4. The zero-order valence-corrected chi connectivity index (χ0v) is 10.5. The van der Waals surface area contributed by atoms with Gasteiger partial charge in [-0.1, -0.05) is 12.1 Å². The highest BCUT2D eigenvalue weighted by Crippen LogP contribution is 2.29. The highest BCUT2D eigenvalue weighted by atomic mass is 32.1. The number of hydrogen-bond acceptors (Lipinski definition) is 5. The molecule has 94 valence electrons. The molecule has 0 bridgehead atoms. The Labute approximate surface area is 108 Å². The van der Waals surface area contributed by atoms with Crippen molar-refractivity contribution in [1.29, 1.82) is 0 Å². The van der Waals surface area contributed by atoms with Crippen LogP contribution in [0.4, 0.5) is 5.69 Å². The first-order valence-corrected chi connectivity index (χ1v) is 6.01. The van der Waals surface area contributed by atoms with Gasteiger partial charge in [0.15, 0.2) is 0 Å². The van der Waals surface area contributed by atoms with Crippen LogP contribution in [0.2, 0.25) is 0 Å². The van der Waals surface area contributed by atoms with Crippen LogP contribution in [0.1, 0.15) is 15.4 Å². The quantitative estimate of drug-likeness (QED) is 0.827. The monoisotopic (exact) mass is 264 g/mol. The summed E-state index contributed by atoms with van der Waals surface area (Å²) in [5.74, 6) is -0.991. The van der Waals surface area contributed by atoms with Crippen molar-refractivity contribution in [2.45, 2.75) is 6.61 Å². The minimum atomic E-state index is -0.991. The van der Waals surface area contributed by atoms with E-state index in [1.165, 1.54) is 7.11 Å². The second-order valence-corrected chi connectivity index (χ2v) is 4.66. The van der Waals surface area contributed by atoms with E-state index in [0.717, 1.165) is 16.9 Å². The van der Waals surface area contributed by atoms with Crippen LogP contribution in [-0.4, -0.2) is 23.2 Å². The minimum Gasteiger partial charge on any atom is -0.477 e. The number of methoxy groups -OCH3 is 1. The maximum absolute atomic E-state index is 11.1. The third-order valence-corrected chi connectivity index (χ3v) is 3.44. The maximum atomic E-state index is 11.1. The molecule has 0 aliphatic carbocycles. The van der Waals surface area contributed by atoms with Gasteiger partial charge in [0.25, 0.3) is 0 Å². The van der Waals surface area contributed by atoms with E-state index in [4.69, 9.17) is 15.6 Å². The lowest BCUT2D eigenvalue weighted by Crippen LogP contribution is -1.99. The summed E-state index contributed by atoms with van der Waals surface area (Å²) in [4.78, 5) is 15.6. The number of nitrogen functional groups attached to an aromatic ring is 1. The Morgan fingerprint density at radius 1 is 1.56 bits per heavy atom. The summed E-state index contributed by atoms with van der Waals surface area (Å²) in [6, 6.07) is 7.19. The molecule has 0 spiro atoms. The van der Waals surface area contributed by atoms with Crippen molar-refractivity contribution >= 4 is 23.0 Å². The van der Waals surface area contributed by atoms with E-state index in [0.29, 0.717) is 16.4 Å². The van der Waals surface area contributed by atoms with E-state index in [9.17, 15) is 4.79 Å². The van der Waals surface area contributed by atoms with Crippen LogP contribution in [0.15, 0.2) is 24.3 Å². The molecule has 0 atom stereocenters. The molecule has 1 heterocycles. The first-order chi connectivity index (χ1) is 8.61. The van der Waals surface area contributed by atoms with Crippen LogP contribution in [-0.2, 0) is 11.3 Å². The maximum Gasteiger partial charge on any atom is 0.347 e. The Hall–Kier alpha value is -1.92. The molecule has 3 N–H and O–H groups in total. The van der Waals surface area contributed by atoms with Gasteiger partial charge in [-0.15, -0.1) is 11.3 Å². The van der Waals surface area contributed by atoms with Gasteiger partial charge >= 0.3 is 5.97 Å². The molecule has 18 heavy (non-hydrogen) atoms. The first-order valence-electron chi connectivity index (χ1n) is 5.19. The van der Waals surface area contributed by atoms with Crippen molar-refractivity contribution < 1.29 is 14.6 Å². The standard InChI is InChI=1S/C12H12N2O3S/c1-17-6-9-10(12(15)16)18-11(14-9)7-3-2-4-8(13)5-7/h2-5H,6,13H2,1H3,(H,15,16). The first kappa shape index (κ1) is 12.5. The predicted octanol–water partition coefficient (Wildman–Crippen LogP) is 2.24. The lowest BCUT2D eigenvalue weighted by Gasteiger charge is -1.97. The number of nitrogens with two attached hydrogens (primary N) is 1. The molecule has 1 aromatic carbocycles. The Bertz CT molecular complexity index is 580. The molecule has 1 aromatic heterocycles. The lowest BCUT2D eigenvalue weighted by molar-refractivity contribution is 0.0697. The van der Waals surface area contributed by atoms with E-state index in [2.05, 4.69) is 4.98 Å². The van der Waals surface area contributed by atoms with Gasteiger partial charge in [0.2, 0.25) is 0 Å². The summed E-state index contributed by atoms with van der Waals surface area (Å²) < 4.78 is 4.95. The Balaban J connectivity index is 2.46. The van der Waals surface area contributed by atoms with Crippen molar-refractivity contribution in [1.82, 2.24) is 4.98 Å². The van der Waals surface area contributed by atoms with Crippen LogP contribution in [0, 0.1) is 0 Å². The van der Waals surface area contributed by atoms with Crippen LogP contribution in [0.3, 0.4) is 0 Å². The van der Waals surface area contributed by atoms with Gasteiger partial charge in [-0.2, -0.15) is 0 Å². The number of carbonyl (C=O) groups is 1. The summed E-state index contributed by atoms with van der Waals surface area (Å²) in [5.41, 5.74) is 7.56. The molecule has 0 aliphatic rings. The zero-order valence-electron chi connectivity index (χ0n) is 9.71. The van der Waals surface area contributed by atoms with E-state index >= 15 is 0 Å². The van der Waals surface area contributed by atoms with Crippen LogP contribution in [0.5, 0.6) is 0 Å². The summed E-state index contributed by atoms with van der Waals surface area (Å²) >= 11 is 1.12. The minimum absolute atomic E-state index is 0.181. The SMILES string of the molecule is COCc1nc(-c2cccc(N)c2)sc1C(=O)O. The lowest BCUT2D eigenvalue weighted by atomic mass is 10.2. The molecule has 2 aromatic rings. The average Bonchev–Trinajstić information content (AvgIpc) is 2.74. The highest BCUT2D eigenvalue weighted by Gasteiger charge is 2.17. The predicted molar refractivity (Wildman–Crippen MR) is 69.6 cm³/mol. The summed E-state index contributed by atoms with van der Waals surface area (Å²) in [7, 11) is 1.51. The third-order valence-electron chi connectivity index (χ3n) is 2.31. The molecule has 2 rings (SSSR count). The van der Waals surface area contributed by atoms with E-state index in [-0.39, 0.29) is 11.5 Å². The molecule has 0 fully saturated rings. The van der Waals surface area contributed by atoms with Gasteiger partial charge in [-0.05, 0) is 12.1 Å². The summed E-state index contributed by atoms with van der Waals surface area (Å²) in [5, 5.41) is 9.73. The van der Waals surface area contributed by atoms with Crippen molar-refractivity contribution in [2.75, 3.05) is 12.8 Å². The Morgan fingerprint density at radius 3 is 2.94 bits per heavy atom. The molecule has 5 nitrogen and oxygen atoms in total. The number of carboxylic acid groups (broad SMARTS) is 1. The van der Waals surface area contributed by atoms with Gasteiger partial charge in [-0.25, -0.2) is 9.78 Å². The van der Waals surface area contributed by atoms with Gasteiger partial charge in [0, 0.05) is 18.4 Å². The van der Waals surface area contributed by atoms with E-state index in [1.807, 2.05) is 12.1 Å². The number of aromatic carboxylic acids is 1. The molecule has 0 aliphatic heterocycles. The third kappa shape index (κ3) is 2.49. The largest absolute Gasteiger partial charge is 0.477 e. The van der Waals surface area contributed by atoms with Crippen molar-refractivity contribution in [3.05, 3.63) is 34.8 Å². The zero-order chi connectivity index (χ0) is 13.1. The molecule has 0 saturated heterocycles. The number of aromatic nitrogens is 1. The highest BCUT2D eigenvalue weighted by molar-refractivity contribution is 7.17. The Kier molecular flexibility index (Phi) is 3.59. The van der Waals surface area contributed by atoms with Gasteiger partial charge in [-0.3, -0.25) is 0 Å². The second-order valence-electron chi connectivity index (χ2n) is 3.66. The number of anilines is 1. The number of benzene rings is 1. The molecule has 0 saturated carbocycles. The second kappa shape index (κ2) is 5.16. The fourth-order valence-corrected chi connectivity index (χ4v) is 2.45. The molecule has 6 heteroatoms. The average molecular weight is 264 g/mol. The van der Waals surface area contributed by atoms with Gasteiger partial charge < -0.3 is 15.6 Å². The van der Waals surface area contributed by atoms with Crippen molar-refractivity contribution in [3.63, 3.8) is 0 Å². The molecule has 0 radical (unpaired) electrons. The molecule has 0 amide bonds. The van der Waals surface area contributed by atoms with E-state index in [1.54, 1.807) is 12.1 Å². The van der Waals surface area contributed by atoms with Crippen molar-refractivity contribution in [2.24, 2.45) is 0 Å². The van der Waals surface area contributed by atoms with Gasteiger partial charge in [0.1, 0.15) is 9.88 Å². The number of thiazole rings is 1. The Morgan fingerprint density at radius 2 is 2.33 bits per heavy atom. The van der Waals surface area contributed by atoms with Crippen molar-refractivity contribution in [3.8, 4) is 10.6 Å². The fraction of sp³-hybridized carbons (Fsp3) is 0.167. The fourth-order valence-electron chi connectivity index (χ4n) is 1.55. The summed E-state index contributed by atoms with van der Waals surface area (Å²) in [6.45, 7) is 0.181. The van der Waals surface area contributed by atoms with Gasteiger partial charge in [0.05, 0.1) is 12.3 Å². The van der Waals surface area contributed by atoms with Crippen LogP contribution < -0.4 is 5.73 Å².